The number of nitrogens with one attached hydrogen (secondary N) is 1. The Balaban J connectivity index is 1.52. The Hall–Kier alpha value is -2.21. The summed E-state index contributed by atoms with van der Waals surface area (Å²) in [5, 5.41) is 0. The monoisotopic (exact) mass is 330 g/mol. The van der Waals surface area contributed by atoms with Gasteiger partial charge in [-0.05, 0) is 31.5 Å². The summed E-state index contributed by atoms with van der Waals surface area (Å²) in [5.41, 5.74) is 2.06. The number of imidazole rings is 1. The van der Waals surface area contributed by atoms with Crippen LogP contribution in [0.25, 0.3) is 0 Å². The molecule has 0 bridgehead atoms. The third-order valence-electron chi connectivity index (χ3n) is 4.51. The first-order chi connectivity index (χ1) is 11.5. The summed E-state index contributed by atoms with van der Waals surface area (Å²) < 4.78 is 13.0. The van der Waals surface area contributed by atoms with Crippen LogP contribution in [-0.2, 0) is 11.3 Å². The molecule has 0 radical (unpaired) electrons. The van der Waals surface area contributed by atoms with Gasteiger partial charge in [0.15, 0.2) is 0 Å². The molecule has 24 heavy (non-hydrogen) atoms. The van der Waals surface area contributed by atoms with Crippen LogP contribution in [0.2, 0.25) is 0 Å². The third-order valence-corrected chi connectivity index (χ3v) is 4.51. The van der Waals surface area contributed by atoms with Gasteiger partial charge in [-0.1, -0.05) is 12.1 Å². The second-order valence-electron chi connectivity index (χ2n) is 6.40. The van der Waals surface area contributed by atoms with E-state index in [-0.39, 0.29) is 17.6 Å². The average Bonchev–Trinajstić information content (AvgIpc) is 3.03. The van der Waals surface area contributed by atoms with Crippen molar-refractivity contribution >= 4 is 5.91 Å². The highest BCUT2D eigenvalue weighted by molar-refractivity contribution is 5.82. The van der Waals surface area contributed by atoms with Crippen LogP contribution < -0.4 is 0 Å². The van der Waals surface area contributed by atoms with Crippen molar-refractivity contribution in [3.8, 4) is 0 Å². The third kappa shape index (κ3) is 3.82. The number of piperazine rings is 1. The summed E-state index contributed by atoms with van der Waals surface area (Å²) in [5.74, 6) is 0.385. The van der Waals surface area contributed by atoms with Gasteiger partial charge in [-0.15, -0.1) is 0 Å². The number of hydrogen-bond acceptors (Lipinski definition) is 3. The highest BCUT2D eigenvalue weighted by Gasteiger charge is 2.27. The zero-order chi connectivity index (χ0) is 17.1. The molecule has 0 spiro atoms. The molecule has 1 fully saturated rings. The largest absolute Gasteiger partial charge is 0.345 e. The lowest BCUT2D eigenvalue weighted by atomic mass is 10.1. The Bertz CT molecular complexity index is 689. The van der Waals surface area contributed by atoms with E-state index < -0.39 is 0 Å². The van der Waals surface area contributed by atoms with Crippen molar-refractivity contribution in [2.24, 2.45) is 0 Å². The molecule has 0 aliphatic carbocycles. The smallest absolute Gasteiger partial charge is 0.233 e. The van der Waals surface area contributed by atoms with Gasteiger partial charge in [-0.2, -0.15) is 0 Å². The lowest BCUT2D eigenvalue weighted by Gasteiger charge is -2.35. The van der Waals surface area contributed by atoms with Crippen LogP contribution in [0.5, 0.6) is 0 Å². The fourth-order valence-corrected chi connectivity index (χ4v) is 3.02. The number of halogens is 1. The molecular weight excluding hydrogens is 307 g/mol. The number of benzene rings is 1. The predicted octanol–water partition coefficient (Wildman–Crippen LogP) is 2.31. The molecule has 5 nitrogen and oxygen atoms in total. The highest BCUT2D eigenvalue weighted by Crippen LogP contribution is 2.17. The van der Waals surface area contributed by atoms with Crippen LogP contribution in [0.3, 0.4) is 0 Å². The van der Waals surface area contributed by atoms with Gasteiger partial charge < -0.3 is 9.88 Å². The summed E-state index contributed by atoms with van der Waals surface area (Å²) in [6.07, 6.45) is 1.75. The normalized spacial score (nSPS) is 17.0. The fourth-order valence-electron chi connectivity index (χ4n) is 3.02. The number of H-pyrrole nitrogens is 1. The van der Waals surface area contributed by atoms with E-state index in [0.29, 0.717) is 13.1 Å². The Kier molecular flexibility index (Phi) is 4.94. The van der Waals surface area contributed by atoms with Crippen LogP contribution in [0.15, 0.2) is 30.5 Å². The molecule has 1 amide bonds. The van der Waals surface area contributed by atoms with Crippen molar-refractivity contribution in [2.45, 2.75) is 26.3 Å². The molecule has 2 aromatic rings. The molecule has 1 unspecified atom stereocenters. The van der Waals surface area contributed by atoms with Crippen LogP contribution in [0, 0.1) is 12.7 Å². The van der Waals surface area contributed by atoms with E-state index >= 15 is 0 Å². The summed E-state index contributed by atoms with van der Waals surface area (Å²) >= 11 is 0. The standard InChI is InChI=1S/C18H23FN4O/c1-13-11-20-17(21-13)14(2)18(24)23-9-7-22(8-10-23)12-15-3-5-16(19)6-4-15/h3-6,11,14H,7-10,12H2,1-2H3,(H,20,21). The van der Waals surface area contributed by atoms with Crippen molar-refractivity contribution in [3.63, 3.8) is 0 Å². The second kappa shape index (κ2) is 7.13. The number of amides is 1. The Labute approximate surface area is 141 Å². The van der Waals surface area contributed by atoms with E-state index in [1.165, 1.54) is 12.1 Å². The topological polar surface area (TPSA) is 52.2 Å². The van der Waals surface area contributed by atoms with Crippen molar-refractivity contribution in [3.05, 3.63) is 53.4 Å². The Morgan fingerprint density at radius 2 is 1.92 bits per heavy atom. The highest BCUT2D eigenvalue weighted by atomic mass is 19.1. The van der Waals surface area contributed by atoms with E-state index in [0.717, 1.165) is 36.7 Å². The minimum absolute atomic E-state index is 0.116. The van der Waals surface area contributed by atoms with Crippen molar-refractivity contribution < 1.29 is 9.18 Å². The van der Waals surface area contributed by atoms with E-state index in [4.69, 9.17) is 0 Å². The van der Waals surface area contributed by atoms with Crippen LogP contribution in [0.4, 0.5) is 4.39 Å². The van der Waals surface area contributed by atoms with Gasteiger partial charge in [-0.25, -0.2) is 9.37 Å². The Morgan fingerprint density at radius 3 is 2.50 bits per heavy atom. The van der Waals surface area contributed by atoms with Gasteiger partial charge in [0.2, 0.25) is 5.91 Å². The van der Waals surface area contributed by atoms with Gasteiger partial charge in [-0.3, -0.25) is 9.69 Å². The number of carbonyl (C=O) groups is 1. The van der Waals surface area contributed by atoms with Crippen LogP contribution in [-0.4, -0.2) is 51.9 Å². The number of carbonyl (C=O) groups excluding carboxylic acids is 1. The maximum Gasteiger partial charge on any atom is 0.233 e. The molecule has 6 heteroatoms. The quantitative estimate of drug-likeness (QED) is 0.936. The molecule has 3 rings (SSSR count). The lowest BCUT2D eigenvalue weighted by Crippen LogP contribution is -2.49. The molecule has 0 saturated carbocycles. The number of nitrogens with zero attached hydrogens (tertiary/aromatic N) is 3. The lowest BCUT2D eigenvalue weighted by molar-refractivity contribution is -0.134. The number of hydrogen-bond donors (Lipinski definition) is 1. The molecule has 1 saturated heterocycles. The van der Waals surface area contributed by atoms with E-state index in [1.54, 1.807) is 6.20 Å². The molecule has 2 heterocycles. The van der Waals surface area contributed by atoms with E-state index in [2.05, 4.69) is 14.9 Å². The summed E-state index contributed by atoms with van der Waals surface area (Å²) in [6, 6.07) is 6.60. The predicted molar refractivity (Wildman–Crippen MR) is 90.0 cm³/mol. The van der Waals surface area contributed by atoms with Crippen molar-refractivity contribution in [1.29, 1.82) is 0 Å². The van der Waals surface area contributed by atoms with Crippen LogP contribution in [0.1, 0.15) is 29.9 Å². The number of rotatable bonds is 4. The summed E-state index contributed by atoms with van der Waals surface area (Å²) in [4.78, 5) is 24.2. The van der Waals surface area contributed by atoms with E-state index in [1.807, 2.05) is 30.9 Å². The zero-order valence-corrected chi connectivity index (χ0v) is 14.1. The minimum atomic E-state index is -0.248. The molecule has 1 aromatic heterocycles. The first-order valence-electron chi connectivity index (χ1n) is 8.30. The second-order valence-corrected chi connectivity index (χ2v) is 6.40. The van der Waals surface area contributed by atoms with Gasteiger partial charge in [0.1, 0.15) is 11.6 Å². The average molecular weight is 330 g/mol. The Morgan fingerprint density at radius 1 is 1.25 bits per heavy atom. The van der Waals surface area contributed by atoms with Crippen molar-refractivity contribution in [1.82, 2.24) is 19.8 Å². The van der Waals surface area contributed by atoms with Crippen LogP contribution >= 0.6 is 0 Å². The molecule has 1 N–H and O–H groups in total. The van der Waals surface area contributed by atoms with Gasteiger partial charge in [0.25, 0.3) is 0 Å². The molecular formula is C18H23FN4O. The maximum atomic E-state index is 13.0. The maximum absolute atomic E-state index is 13.0. The molecule has 1 aliphatic rings. The first kappa shape index (κ1) is 16.6. The zero-order valence-electron chi connectivity index (χ0n) is 14.1. The SMILES string of the molecule is Cc1cnc(C(C)C(=O)N2CCN(Cc3ccc(F)cc3)CC2)[nH]1. The van der Waals surface area contributed by atoms with Gasteiger partial charge >= 0.3 is 0 Å². The number of aryl methyl sites for hydroxylation is 1. The summed E-state index contributed by atoms with van der Waals surface area (Å²) in [6.45, 7) is 7.69. The van der Waals surface area contributed by atoms with Gasteiger partial charge in [0, 0.05) is 44.6 Å². The van der Waals surface area contributed by atoms with Crippen molar-refractivity contribution in [2.75, 3.05) is 26.2 Å². The van der Waals surface area contributed by atoms with Gasteiger partial charge in [0.05, 0.1) is 5.92 Å². The molecule has 1 aliphatic heterocycles. The summed E-state index contributed by atoms with van der Waals surface area (Å²) in [7, 11) is 0. The van der Waals surface area contributed by atoms with E-state index in [9.17, 15) is 9.18 Å². The molecule has 128 valence electrons. The minimum Gasteiger partial charge on any atom is -0.345 e. The molecule has 1 atom stereocenters. The molecule has 1 aromatic carbocycles. The number of aromatic amines is 1. The first-order valence-corrected chi connectivity index (χ1v) is 8.30. The number of aromatic nitrogens is 2. The fraction of sp³-hybridized carbons (Fsp3) is 0.444.